The maximum atomic E-state index is 12.5. The van der Waals surface area contributed by atoms with Gasteiger partial charge in [0.1, 0.15) is 0 Å². The van der Waals surface area contributed by atoms with Gasteiger partial charge in [0.25, 0.3) is 0 Å². The summed E-state index contributed by atoms with van der Waals surface area (Å²) in [7, 11) is 0. The van der Waals surface area contributed by atoms with Crippen molar-refractivity contribution in [3.05, 3.63) is 35.4 Å². The van der Waals surface area contributed by atoms with Crippen molar-refractivity contribution in [1.29, 1.82) is 0 Å². The average Bonchev–Trinajstić information content (AvgIpc) is 2.68. The molecule has 0 spiro atoms. The molecule has 2 aliphatic rings. The van der Waals surface area contributed by atoms with Gasteiger partial charge in [-0.25, -0.2) is 4.79 Å². The second-order valence-corrected chi connectivity index (χ2v) is 8.06. The lowest BCUT2D eigenvalue weighted by atomic mass is 9.88. The molecule has 0 unspecified atom stereocenters. The van der Waals surface area contributed by atoms with E-state index in [1.54, 1.807) is 18.2 Å². The molecular weight excluding hydrogens is 342 g/mol. The molecule has 0 radical (unpaired) electrons. The molecule has 5 heteroatoms. The Morgan fingerprint density at radius 1 is 1.04 bits per heavy atom. The van der Waals surface area contributed by atoms with Gasteiger partial charge in [-0.3, -0.25) is 4.79 Å². The zero-order chi connectivity index (χ0) is 19.2. The molecule has 1 aliphatic carbocycles. The third-order valence-electron chi connectivity index (χ3n) is 6.00. The van der Waals surface area contributed by atoms with E-state index in [2.05, 4.69) is 6.92 Å². The summed E-state index contributed by atoms with van der Waals surface area (Å²) < 4.78 is 6.28. The van der Waals surface area contributed by atoms with Crippen LogP contribution >= 0.6 is 0 Å². The number of aromatic carboxylic acids is 1. The van der Waals surface area contributed by atoms with Crippen LogP contribution in [0, 0.1) is 5.92 Å². The highest BCUT2D eigenvalue weighted by atomic mass is 16.5. The van der Waals surface area contributed by atoms with Gasteiger partial charge in [0.15, 0.2) is 0 Å². The standard InChI is InChI=1S/C22H31NO4/c1-16-6-9-18(10-7-16)27-19-12-14-23(15-13-19)21(24)11-8-17-4-2-3-5-20(17)22(25)26/h2-5,16,18-19H,6-15H2,1H3,(H,25,26). The molecule has 0 aromatic heterocycles. The monoisotopic (exact) mass is 373 g/mol. The molecule has 1 saturated carbocycles. The van der Waals surface area contributed by atoms with Gasteiger partial charge in [0.05, 0.1) is 17.8 Å². The number of piperidine rings is 1. The molecule has 148 valence electrons. The van der Waals surface area contributed by atoms with Crippen LogP contribution in [0.4, 0.5) is 0 Å². The number of ether oxygens (including phenoxy) is 1. The van der Waals surface area contributed by atoms with Crippen molar-refractivity contribution in [3.8, 4) is 0 Å². The van der Waals surface area contributed by atoms with E-state index in [0.717, 1.165) is 37.4 Å². The van der Waals surface area contributed by atoms with Crippen LogP contribution in [0.1, 0.15) is 67.8 Å². The van der Waals surface area contributed by atoms with E-state index in [1.807, 2.05) is 11.0 Å². The van der Waals surface area contributed by atoms with Crippen LogP contribution in [-0.4, -0.2) is 47.2 Å². The Kier molecular flexibility index (Phi) is 6.89. The van der Waals surface area contributed by atoms with E-state index in [9.17, 15) is 14.7 Å². The van der Waals surface area contributed by atoms with Gasteiger partial charge in [-0.1, -0.05) is 25.1 Å². The van der Waals surface area contributed by atoms with Crippen LogP contribution in [0.25, 0.3) is 0 Å². The lowest BCUT2D eigenvalue weighted by Gasteiger charge is -2.35. The third kappa shape index (κ3) is 5.55. The van der Waals surface area contributed by atoms with E-state index in [0.29, 0.717) is 24.5 Å². The zero-order valence-electron chi connectivity index (χ0n) is 16.2. The number of rotatable bonds is 6. The topological polar surface area (TPSA) is 66.8 Å². The normalized spacial score (nSPS) is 24.0. The van der Waals surface area contributed by atoms with Crippen molar-refractivity contribution in [2.24, 2.45) is 5.92 Å². The number of carboxylic acids is 1. The number of carbonyl (C=O) groups is 2. The first-order valence-electron chi connectivity index (χ1n) is 10.3. The van der Waals surface area contributed by atoms with Gasteiger partial charge in [-0.2, -0.15) is 0 Å². The van der Waals surface area contributed by atoms with E-state index >= 15 is 0 Å². The Morgan fingerprint density at radius 3 is 2.33 bits per heavy atom. The Bertz CT molecular complexity index is 643. The summed E-state index contributed by atoms with van der Waals surface area (Å²) in [5.74, 6) is 0.00354. The van der Waals surface area contributed by atoms with Gasteiger partial charge >= 0.3 is 5.97 Å². The number of aryl methyl sites for hydroxylation is 1. The molecule has 1 amide bonds. The second kappa shape index (κ2) is 9.36. The van der Waals surface area contributed by atoms with E-state index in [-0.39, 0.29) is 12.0 Å². The van der Waals surface area contributed by atoms with Crippen LogP contribution in [0.3, 0.4) is 0 Å². The molecule has 3 rings (SSSR count). The Morgan fingerprint density at radius 2 is 1.67 bits per heavy atom. The van der Waals surface area contributed by atoms with Crippen molar-refractivity contribution < 1.29 is 19.4 Å². The molecule has 0 bridgehead atoms. The first-order chi connectivity index (χ1) is 13.0. The van der Waals surface area contributed by atoms with Gasteiger partial charge in [0.2, 0.25) is 5.91 Å². The summed E-state index contributed by atoms with van der Waals surface area (Å²) in [6, 6.07) is 6.92. The van der Waals surface area contributed by atoms with Gasteiger partial charge < -0.3 is 14.7 Å². The average molecular weight is 373 g/mol. The number of likely N-dealkylation sites (tertiary alicyclic amines) is 1. The number of benzene rings is 1. The highest BCUT2D eigenvalue weighted by Gasteiger charge is 2.27. The quantitative estimate of drug-likeness (QED) is 0.821. The van der Waals surface area contributed by atoms with Gasteiger partial charge in [-0.15, -0.1) is 0 Å². The van der Waals surface area contributed by atoms with Crippen molar-refractivity contribution in [3.63, 3.8) is 0 Å². The fourth-order valence-electron chi connectivity index (χ4n) is 4.23. The first kappa shape index (κ1) is 19.9. The van der Waals surface area contributed by atoms with Crippen LogP contribution in [0.15, 0.2) is 24.3 Å². The summed E-state index contributed by atoms with van der Waals surface area (Å²) in [5.41, 5.74) is 1.02. The SMILES string of the molecule is CC1CCC(OC2CCN(C(=O)CCc3ccccc3C(=O)O)CC2)CC1. The molecule has 1 heterocycles. The molecule has 27 heavy (non-hydrogen) atoms. The van der Waals surface area contributed by atoms with Crippen LogP contribution in [0.5, 0.6) is 0 Å². The van der Waals surface area contributed by atoms with Gasteiger partial charge in [-0.05, 0) is 62.5 Å². The highest BCUT2D eigenvalue weighted by molar-refractivity contribution is 5.89. The molecule has 5 nitrogen and oxygen atoms in total. The Labute approximate surface area is 161 Å². The number of hydrogen-bond donors (Lipinski definition) is 1. The first-order valence-corrected chi connectivity index (χ1v) is 10.3. The predicted octanol–water partition coefficient (Wildman–Crippen LogP) is 3.90. The molecule has 1 saturated heterocycles. The summed E-state index contributed by atoms with van der Waals surface area (Å²) >= 11 is 0. The Balaban J connectivity index is 1.42. The zero-order valence-corrected chi connectivity index (χ0v) is 16.2. The number of hydrogen-bond acceptors (Lipinski definition) is 3. The van der Waals surface area contributed by atoms with E-state index in [4.69, 9.17) is 4.74 Å². The van der Waals surface area contributed by atoms with E-state index < -0.39 is 5.97 Å². The largest absolute Gasteiger partial charge is 0.478 e. The molecule has 1 aliphatic heterocycles. The van der Waals surface area contributed by atoms with Crippen LogP contribution in [-0.2, 0) is 16.0 Å². The summed E-state index contributed by atoms with van der Waals surface area (Å²) in [4.78, 5) is 25.7. The number of nitrogens with zero attached hydrogens (tertiary/aromatic N) is 1. The summed E-state index contributed by atoms with van der Waals surface area (Å²) in [5, 5.41) is 9.25. The number of carbonyl (C=O) groups excluding carboxylic acids is 1. The molecule has 1 aromatic carbocycles. The van der Waals surface area contributed by atoms with Crippen molar-refractivity contribution >= 4 is 11.9 Å². The predicted molar refractivity (Wildman–Crippen MR) is 104 cm³/mol. The molecule has 1 aromatic rings. The minimum Gasteiger partial charge on any atom is -0.478 e. The molecule has 1 N–H and O–H groups in total. The third-order valence-corrected chi connectivity index (χ3v) is 6.00. The second-order valence-electron chi connectivity index (χ2n) is 8.06. The van der Waals surface area contributed by atoms with Crippen LogP contribution < -0.4 is 0 Å². The van der Waals surface area contributed by atoms with Crippen LogP contribution in [0.2, 0.25) is 0 Å². The lowest BCUT2D eigenvalue weighted by molar-refractivity contribution is -0.135. The fraction of sp³-hybridized carbons (Fsp3) is 0.636. The fourth-order valence-corrected chi connectivity index (χ4v) is 4.23. The Hall–Kier alpha value is -1.88. The van der Waals surface area contributed by atoms with Gasteiger partial charge in [0, 0.05) is 19.5 Å². The van der Waals surface area contributed by atoms with Crippen molar-refractivity contribution in [2.75, 3.05) is 13.1 Å². The number of amides is 1. The maximum absolute atomic E-state index is 12.5. The van der Waals surface area contributed by atoms with E-state index in [1.165, 1.54) is 25.7 Å². The summed E-state index contributed by atoms with van der Waals surface area (Å²) in [6.45, 7) is 3.80. The maximum Gasteiger partial charge on any atom is 0.335 e. The lowest BCUT2D eigenvalue weighted by Crippen LogP contribution is -2.42. The molecule has 2 fully saturated rings. The number of carboxylic acid groups (broad SMARTS) is 1. The highest BCUT2D eigenvalue weighted by Crippen LogP contribution is 2.28. The van der Waals surface area contributed by atoms with Crippen molar-refractivity contribution in [1.82, 2.24) is 4.90 Å². The minimum atomic E-state index is -0.937. The molecule has 0 atom stereocenters. The molecular formula is C22H31NO4. The van der Waals surface area contributed by atoms with Crippen molar-refractivity contribution in [2.45, 2.75) is 70.5 Å². The smallest absolute Gasteiger partial charge is 0.335 e. The summed E-state index contributed by atoms with van der Waals surface area (Å²) in [6.07, 6.45) is 8.19. The minimum absolute atomic E-state index is 0.111.